The molecular formula is C14H12N2OS2. The van der Waals surface area contributed by atoms with Crippen molar-refractivity contribution in [3.63, 3.8) is 0 Å². The lowest BCUT2D eigenvalue weighted by atomic mass is 10.0. The molecule has 0 saturated heterocycles. The number of hydrogen-bond donors (Lipinski definition) is 2. The van der Waals surface area contributed by atoms with Crippen molar-refractivity contribution in [1.29, 1.82) is 0 Å². The van der Waals surface area contributed by atoms with Gasteiger partial charge in [0.2, 0.25) is 0 Å². The normalized spacial score (nSPS) is 11.0. The quantitative estimate of drug-likeness (QED) is 0.703. The monoisotopic (exact) mass is 288 g/mol. The third kappa shape index (κ3) is 2.15. The van der Waals surface area contributed by atoms with Gasteiger partial charge in [-0.2, -0.15) is 0 Å². The first-order chi connectivity index (χ1) is 9.19. The third-order valence-corrected chi connectivity index (χ3v) is 4.24. The molecule has 0 unspecified atom stereocenters. The minimum absolute atomic E-state index is 0.130. The second-order valence-electron chi connectivity index (χ2n) is 4.31. The first kappa shape index (κ1) is 12.3. The summed E-state index contributed by atoms with van der Waals surface area (Å²) in [6.07, 6.45) is 1.01. The first-order valence-electron chi connectivity index (χ1n) is 6.02. The number of H-pyrrole nitrogens is 2. The molecule has 0 atom stereocenters. The Morgan fingerprint density at radius 2 is 1.95 bits per heavy atom. The van der Waals surface area contributed by atoms with Gasteiger partial charge in [-0.15, -0.1) is 11.3 Å². The first-order valence-corrected chi connectivity index (χ1v) is 7.31. The number of thiophene rings is 1. The second kappa shape index (κ2) is 4.75. The highest BCUT2D eigenvalue weighted by molar-refractivity contribution is 7.71. The fourth-order valence-electron chi connectivity index (χ4n) is 2.11. The molecule has 2 aromatic heterocycles. The largest absolute Gasteiger partial charge is 0.323 e. The zero-order valence-electron chi connectivity index (χ0n) is 10.3. The van der Waals surface area contributed by atoms with Gasteiger partial charge in [0.1, 0.15) is 4.83 Å². The average molecular weight is 288 g/mol. The third-order valence-electron chi connectivity index (χ3n) is 3.15. The molecule has 3 aromatic rings. The molecule has 0 aliphatic carbocycles. The minimum atomic E-state index is -0.130. The van der Waals surface area contributed by atoms with Crippen LogP contribution >= 0.6 is 23.6 Å². The lowest BCUT2D eigenvalue weighted by Crippen LogP contribution is -2.06. The van der Waals surface area contributed by atoms with Crippen LogP contribution in [0.2, 0.25) is 0 Å². The molecular weight excluding hydrogens is 276 g/mol. The second-order valence-corrected chi connectivity index (χ2v) is 5.60. The van der Waals surface area contributed by atoms with Gasteiger partial charge in [-0.1, -0.05) is 31.2 Å². The summed E-state index contributed by atoms with van der Waals surface area (Å²) in [4.78, 5) is 18.5. The van der Waals surface area contributed by atoms with Gasteiger partial charge < -0.3 is 4.98 Å². The summed E-state index contributed by atoms with van der Waals surface area (Å²) < 4.78 is 0.368. The number of benzene rings is 1. The molecule has 96 valence electrons. The topological polar surface area (TPSA) is 48.6 Å². The van der Waals surface area contributed by atoms with E-state index in [9.17, 15) is 4.79 Å². The zero-order valence-corrected chi connectivity index (χ0v) is 12.0. The van der Waals surface area contributed by atoms with Gasteiger partial charge in [0.05, 0.1) is 5.39 Å². The van der Waals surface area contributed by atoms with Crippen LogP contribution in [0.15, 0.2) is 34.4 Å². The van der Waals surface area contributed by atoms with E-state index in [2.05, 4.69) is 41.2 Å². The van der Waals surface area contributed by atoms with Crippen LogP contribution in [0, 0.1) is 4.77 Å². The minimum Gasteiger partial charge on any atom is -0.323 e. The van der Waals surface area contributed by atoms with Crippen LogP contribution in [-0.4, -0.2) is 9.97 Å². The van der Waals surface area contributed by atoms with E-state index in [1.807, 2.05) is 5.38 Å². The maximum absolute atomic E-state index is 12.0. The van der Waals surface area contributed by atoms with Crippen LogP contribution in [0.1, 0.15) is 12.5 Å². The summed E-state index contributed by atoms with van der Waals surface area (Å²) in [6.45, 7) is 2.12. The highest BCUT2D eigenvalue weighted by Crippen LogP contribution is 2.30. The lowest BCUT2D eigenvalue weighted by Gasteiger charge is -2.01. The van der Waals surface area contributed by atoms with Crippen molar-refractivity contribution >= 4 is 33.8 Å². The molecule has 0 amide bonds. The number of aromatic amines is 2. The number of nitrogens with one attached hydrogen (secondary N) is 2. The van der Waals surface area contributed by atoms with Crippen LogP contribution in [0.3, 0.4) is 0 Å². The number of aromatic nitrogens is 2. The van der Waals surface area contributed by atoms with Crippen LogP contribution in [-0.2, 0) is 6.42 Å². The molecule has 5 heteroatoms. The summed E-state index contributed by atoms with van der Waals surface area (Å²) in [5, 5.41) is 2.68. The molecule has 3 rings (SSSR count). The molecule has 0 aliphatic heterocycles. The van der Waals surface area contributed by atoms with E-state index < -0.39 is 0 Å². The molecule has 0 fully saturated rings. The Morgan fingerprint density at radius 1 is 1.21 bits per heavy atom. The summed E-state index contributed by atoms with van der Waals surface area (Å²) in [6, 6.07) is 8.30. The highest BCUT2D eigenvalue weighted by Gasteiger charge is 2.10. The molecule has 3 nitrogen and oxygen atoms in total. The Kier molecular flexibility index (Phi) is 3.08. The lowest BCUT2D eigenvalue weighted by molar-refractivity contribution is 1.14. The number of fused-ring (bicyclic) bond motifs is 1. The van der Waals surface area contributed by atoms with Crippen molar-refractivity contribution in [2.24, 2.45) is 0 Å². The molecule has 19 heavy (non-hydrogen) atoms. The van der Waals surface area contributed by atoms with Crippen molar-refractivity contribution in [2.45, 2.75) is 13.3 Å². The Labute approximate surface area is 119 Å². The maximum atomic E-state index is 12.0. The summed E-state index contributed by atoms with van der Waals surface area (Å²) in [7, 11) is 0. The highest BCUT2D eigenvalue weighted by atomic mass is 32.1. The molecule has 0 saturated carbocycles. The molecule has 0 spiro atoms. The molecule has 2 heterocycles. The predicted molar refractivity (Wildman–Crippen MR) is 82.4 cm³/mol. The predicted octanol–water partition coefficient (Wildman–Crippen LogP) is 3.88. The van der Waals surface area contributed by atoms with Gasteiger partial charge in [0.25, 0.3) is 5.56 Å². The Morgan fingerprint density at radius 3 is 2.63 bits per heavy atom. The molecule has 0 aliphatic rings. The van der Waals surface area contributed by atoms with E-state index in [4.69, 9.17) is 12.2 Å². The van der Waals surface area contributed by atoms with E-state index in [1.165, 1.54) is 16.9 Å². The fraction of sp³-hybridized carbons (Fsp3) is 0.143. The SMILES string of the molecule is CCc1ccc(-c2csc3[nH]c(=S)[nH]c(=O)c23)cc1. The van der Waals surface area contributed by atoms with Crippen molar-refractivity contribution in [2.75, 3.05) is 0 Å². The maximum Gasteiger partial charge on any atom is 0.261 e. The Balaban J connectivity index is 2.25. The van der Waals surface area contributed by atoms with Gasteiger partial charge in [-0.25, -0.2) is 0 Å². The molecule has 1 aromatic carbocycles. The summed E-state index contributed by atoms with van der Waals surface area (Å²) >= 11 is 6.49. The van der Waals surface area contributed by atoms with Crippen LogP contribution in [0.4, 0.5) is 0 Å². The van der Waals surface area contributed by atoms with E-state index in [0.29, 0.717) is 10.2 Å². The zero-order chi connectivity index (χ0) is 13.4. The fourth-order valence-corrected chi connectivity index (χ4v) is 3.34. The standard InChI is InChI=1S/C14H12N2OS2/c1-2-8-3-5-9(6-4-8)10-7-19-13-11(10)12(17)15-14(18)16-13/h3-7H,2H2,1H3,(H2,15,16,17,18). The van der Waals surface area contributed by atoms with Crippen molar-refractivity contribution in [3.8, 4) is 11.1 Å². The molecule has 2 N–H and O–H groups in total. The summed E-state index contributed by atoms with van der Waals surface area (Å²) in [5.74, 6) is 0. The number of rotatable bonds is 2. The van der Waals surface area contributed by atoms with Crippen molar-refractivity contribution in [1.82, 2.24) is 9.97 Å². The van der Waals surface area contributed by atoms with Crippen LogP contribution in [0.5, 0.6) is 0 Å². The van der Waals surface area contributed by atoms with Gasteiger partial charge >= 0.3 is 0 Å². The van der Waals surface area contributed by atoms with Crippen LogP contribution in [0.25, 0.3) is 21.3 Å². The van der Waals surface area contributed by atoms with E-state index in [1.54, 1.807) is 0 Å². The van der Waals surface area contributed by atoms with E-state index in [-0.39, 0.29) is 5.56 Å². The van der Waals surface area contributed by atoms with Crippen LogP contribution < -0.4 is 5.56 Å². The van der Waals surface area contributed by atoms with Crippen molar-refractivity contribution in [3.05, 3.63) is 50.3 Å². The number of hydrogen-bond acceptors (Lipinski definition) is 3. The van der Waals surface area contributed by atoms with Gasteiger partial charge in [0.15, 0.2) is 4.77 Å². The smallest absolute Gasteiger partial charge is 0.261 e. The Bertz CT molecular complexity index is 840. The van der Waals surface area contributed by atoms with Gasteiger partial charge in [-0.3, -0.25) is 9.78 Å². The number of aryl methyl sites for hydroxylation is 1. The molecule has 0 bridgehead atoms. The van der Waals surface area contributed by atoms with Gasteiger partial charge in [0, 0.05) is 10.9 Å². The van der Waals surface area contributed by atoms with Gasteiger partial charge in [-0.05, 0) is 29.8 Å². The van der Waals surface area contributed by atoms with E-state index >= 15 is 0 Å². The van der Waals surface area contributed by atoms with E-state index in [0.717, 1.165) is 22.4 Å². The Hall–Kier alpha value is -1.72. The molecule has 0 radical (unpaired) electrons. The summed E-state index contributed by atoms with van der Waals surface area (Å²) in [5.41, 5.74) is 3.17. The van der Waals surface area contributed by atoms with Crippen molar-refractivity contribution < 1.29 is 0 Å². The average Bonchev–Trinajstić information content (AvgIpc) is 2.83.